The Morgan fingerprint density at radius 1 is 0.679 bits per heavy atom. The van der Waals surface area contributed by atoms with Crippen LogP contribution in [0.15, 0.2) is 36.7 Å². The van der Waals surface area contributed by atoms with Gasteiger partial charge in [0.15, 0.2) is 0 Å². The van der Waals surface area contributed by atoms with Gasteiger partial charge in [0.1, 0.15) is 17.7 Å². The summed E-state index contributed by atoms with van der Waals surface area (Å²) in [5.41, 5.74) is 7.38. The van der Waals surface area contributed by atoms with E-state index in [2.05, 4.69) is 88.0 Å². The number of benzene rings is 2. The van der Waals surface area contributed by atoms with Crippen LogP contribution in [0.5, 0.6) is 11.5 Å². The molecule has 1 aliphatic rings. The minimum Gasteiger partial charge on any atom is -0.497 e. The first-order valence-electron chi connectivity index (χ1n) is 9.84. The Morgan fingerprint density at radius 2 is 1.00 bits per heavy atom. The van der Waals surface area contributed by atoms with Crippen molar-refractivity contribution in [3.8, 4) is 11.5 Å². The van der Waals surface area contributed by atoms with Crippen molar-refractivity contribution < 1.29 is 9.47 Å². The van der Waals surface area contributed by atoms with Gasteiger partial charge in [-0.05, 0) is 80.1 Å². The lowest BCUT2D eigenvalue weighted by Crippen LogP contribution is -2.43. The predicted octanol–water partition coefficient (Wildman–Crippen LogP) is 5.72. The first-order chi connectivity index (χ1) is 13.3. The maximum absolute atomic E-state index is 5.45. The Morgan fingerprint density at radius 3 is 1.25 bits per heavy atom. The molecule has 0 bridgehead atoms. The van der Waals surface area contributed by atoms with Crippen LogP contribution in [0.2, 0.25) is 0 Å². The van der Waals surface area contributed by atoms with E-state index in [9.17, 15) is 0 Å². The third-order valence-corrected chi connectivity index (χ3v) is 5.47. The Bertz CT molecular complexity index is 786. The maximum atomic E-state index is 5.45. The minimum atomic E-state index is 0.205. The summed E-state index contributed by atoms with van der Waals surface area (Å²) < 4.78 is 10.9. The monoisotopic (exact) mass is 380 g/mol. The van der Waals surface area contributed by atoms with Crippen LogP contribution in [0.25, 0.3) is 0 Å². The molecule has 0 fully saturated rings. The molecule has 3 rings (SSSR count). The van der Waals surface area contributed by atoms with E-state index in [1.54, 1.807) is 14.2 Å². The topological polar surface area (TPSA) is 24.9 Å². The van der Waals surface area contributed by atoms with E-state index in [1.807, 2.05) is 0 Å². The number of aryl methyl sites for hydroxylation is 4. The molecule has 28 heavy (non-hydrogen) atoms. The van der Waals surface area contributed by atoms with Crippen molar-refractivity contribution in [2.75, 3.05) is 24.0 Å². The zero-order valence-electron chi connectivity index (χ0n) is 18.3. The number of hydrogen-bond donors (Lipinski definition) is 0. The van der Waals surface area contributed by atoms with E-state index in [0.29, 0.717) is 5.92 Å². The number of hydrogen-bond acceptors (Lipinski definition) is 4. The van der Waals surface area contributed by atoms with Crippen LogP contribution >= 0.6 is 0 Å². The van der Waals surface area contributed by atoms with Crippen molar-refractivity contribution in [3.63, 3.8) is 0 Å². The maximum Gasteiger partial charge on any atom is 0.119 e. The van der Waals surface area contributed by atoms with Gasteiger partial charge in [-0.2, -0.15) is 0 Å². The molecular weight excluding hydrogens is 348 g/mol. The molecule has 0 atom stereocenters. The van der Waals surface area contributed by atoms with E-state index in [0.717, 1.165) is 11.5 Å². The number of ether oxygens (including phenoxy) is 2. The van der Waals surface area contributed by atoms with Crippen molar-refractivity contribution in [2.45, 2.75) is 47.7 Å². The van der Waals surface area contributed by atoms with Crippen LogP contribution in [0.3, 0.4) is 0 Å². The smallest absolute Gasteiger partial charge is 0.119 e. The van der Waals surface area contributed by atoms with Gasteiger partial charge >= 0.3 is 0 Å². The van der Waals surface area contributed by atoms with Crippen molar-refractivity contribution in [1.82, 2.24) is 0 Å². The zero-order valence-corrected chi connectivity index (χ0v) is 18.3. The van der Waals surface area contributed by atoms with E-state index in [4.69, 9.17) is 9.47 Å². The molecule has 150 valence electrons. The highest BCUT2D eigenvalue weighted by Crippen LogP contribution is 2.40. The molecule has 0 N–H and O–H groups in total. The molecule has 0 aromatic heterocycles. The second kappa shape index (κ2) is 7.78. The standard InChI is InChI=1S/C24H32N2O2/c1-15(2)24-25(22-16(3)11-20(27-7)12-17(22)4)9-10-26(24)23-18(5)13-21(28-8)14-19(23)6/h9-15,24H,1-8H3. The first kappa shape index (κ1) is 20.1. The van der Waals surface area contributed by atoms with Gasteiger partial charge in [0, 0.05) is 23.8 Å². The first-order valence-corrected chi connectivity index (χ1v) is 9.84. The largest absolute Gasteiger partial charge is 0.497 e. The quantitative estimate of drug-likeness (QED) is 0.662. The fraction of sp³-hybridized carbons (Fsp3) is 0.417. The summed E-state index contributed by atoms with van der Waals surface area (Å²) in [5, 5.41) is 0. The summed E-state index contributed by atoms with van der Waals surface area (Å²) in [7, 11) is 3.44. The van der Waals surface area contributed by atoms with E-state index < -0.39 is 0 Å². The Hall–Kier alpha value is -2.62. The Kier molecular flexibility index (Phi) is 5.59. The summed E-state index contributed by atoms with van der Waals surface area (Å²) in [5.74, 6) is 2.24. The molecule has 0 spiro atoms. The van der Waals surface area contributed by atoms with E-state index in [-0.39, 0.29) is 6.17 Å². The lowest BCUT2D eigenvalue weighted by atomic mass is 10.0. The highest BCUT2D eigenvalue weighted by atomic mass is 16.5. The molecule has 1 aliphatic heterocycles. The van der Waals surface area contributed by atoms with Gasteiger partial charge in [-0.1, -0.05) is 13.8 Å². The van der Waals surface area contributed by atoms with E-state index in [1.165, 1.54) is 33.6 Å². The molecule has 0 saturated carbocycles. The number of methoxy groups -OCH3 is 2. The van der Waals surface area contributed by atoms with Gasteiger partial charge < -0.3 is 19.3 Å². The summed E-state index contributed by atoms with van der Waals surface area (Å²) in [6, 6.07) is 8.44. The van der Waals surface area contributed by atoms with Crippen LogP contribution in [-0.4, -0.2) is 20.4 Å². The lowest BCUT2D eigenvalue weighted by Gasteiger charge is -2.38. The van der Waals surface area contributed by atoms with Gasteiger partial charge in [-0.3, -0.25) is 0 Å². The zero-order chi connectivity index (χ0) is 20.6. The van der Waals surface area contributed by atoms with Gasteiger partial charge in [0.05, 0.1) is 14.2 Å². The highest BCUT2D eigenvalue weighted by Gasteiger charge is 2.34. The van der Waals surface area contributed by atoms with Gasteiger partial charge in [-0.15, -0.1) is 0 Å². The molecule has 2 aromatic carbocycles. The highest BCUT2D eigenvalue weighted by molar-refractivity contribution is 5.71. The molecule has 4 heteroatoms. The van der Waals surface area contributed by atoms with Crippen molar-refractivity contribution >= 4 is 11.4 Å². The van der Waals surface area contributed by atoms with E-state index >= 15 is 0 Å². The number of anilines is 2. The number of nitrogens with zero attached hydrogens (tertiary/aromatic N) is 2. The van der Waals surface area contributed by atoms with Crippen LogP contribution in [-0.2, 0) is 0 Å². The van der Waals surface area contributed by atoms with Crippen LogP contribution in [0.4, 0.5) is 11.4 Å². The molecule has 0 saturated heterocycles. The molecule has 4 nitrogen and oxygen atoms in total. The van der Waals surface area contributed by atoms with Crippen LogP contribution in [0, 0.1) is 33.6 Å². The minimum absolute atomic E-state index is 0.205. The van der Waals surface area contributed by atoms with Crippen LogP contribution < -0.4 is 19.3 Å². The average molecular weight is 381 g/mol. The third-order valence-electron chi connectivity index (χ3n) is 5.47. The molecular formula is C24H32N2O2. The Balaban J connectivity index is 2.07. The summed E-state index contributed by atoms with van der Waals surface area (Å²) in [4.78, 5) is 4.80. The summed E-state index contributed by atoms with van der Waals surface area (Å²) in [6.07, 6.45) is 4.61. The van der Waals surface area contributed by atoms with Gasteiger partial charge in [0.2, 0.25) is 0 Å². The third kappa shape index (κ3) is 3.44. The molecule has 1 heterocycles. The van der Waals surface area contributed by atoms with Gasteiger partial charge in [-0.25, -0.2) is 0 Å². The molecule has 0 amide bonds. The fourth-order valence-corrected chi connectivity index (χ4v) is 4.39. The summed E-state index contributed by atoms with van der Waals surface area (Å²) in [6.45, 7) is 13.2. The van der Waals surface area contributed by atoms with Crippen molar-refractivity contribution in [3.05, 3.63) is 58.9 Å². The molecule has 2 aromatic rings. The normalized spacial score (nSPS) is 14.3. The second-order valence-electron chi connectivity index (χ2n) is 7.99. The Labute approximate surface area is 169 Å². The summed E-state index contributed by atoms with van der Waals surface area (Å²) >= 11 is 0. The van der Waals surface area contributed by atoms with Gasteiger partial charge in [0.25, 0.3) is 0 Å². The van der Waals surface area contributed by atoms with Crippen LogP contribution in [0.1, 0.15) is 36.1 Å². The molecule has 0 aliphatic carbocycles. The second-order valence-corrected chi connectivity index (χ2v) is 7.99. The molecule has 0 unspecified atom stereocenters. The fourth-order valence-electron chi connectivity index (χ4n) is 4.39. The number of rotatable bonds is 5. The predicted molar refractivity (Wildman–Crippen MR) is 118 cm³/mol. The van der Waals surface area contributed by atoms with Crippen molar-refractivity contribution in [2.24, 2.45) is 5.92 Å². The SMILES string of the molecule is COc1cc(C)c(N2C=CN(c3c(C)cc(OC)cc3C)C2C(C)C)c(C)c1. The van der Waals surface area contributed by atoms with Crippen molar-refractivity contribution in [1.29, 1.82) is 0 Å². The molecule has 0 radical (unpaired) electrons. The average Bonchev–Trinajstić information content (AvgIpc) is 3.04. The lowest BCUT2D eigenvalue weighted by molar-refractivity contribution is 0.414.